The number of fused-ring (bicyclic) bond motifs is 1. The fraction of sp³-hybridized carbons (Fsp3) is 0.500. The molecule has 0 unspecified atom stereocenters. The second-order valence-corrected chi connectivity index (χ2v) is 6.84. The topological polar surface area (TPSA) is 59.0 Å². The molecule has 1 aliphatic rings. The van der Waals surface area contributed by atoms with Crippen LogP contribution in [0.3, 0.4) is 0 Å². The van der Waals surface area contributed by atoms with Gasteiger partial charge in [0.15, 0.2) is 11.5 Å². The van der Waals surface area contributed by atoms with Crippen LogP contribution in [0.5, 0.6) is 28.9 Å². The number of benzene rings is 1. The van der Waals surface area contributed by atoms with E-state index in [-0.39, 0.29) is 0 Å². The van der Waals surface area contributed by atoms with Crippen LogP contribution in [0.1, 0.15) is 30.4 Å². The largest absolute Gasteiger partial charge is 0.492 e. The molecule has 0 atom stereocenters. The lowest BCUT2D eigenvalue weighted by Crippen LogP contribution is -2.08. The number of pyridine rings is 1. The van der Waals surface area contributed by atoms with Gasteiger partial charge in [-0.3, -0.25) is 0 Å². The lowest BCUT2D eigenvalue weighted by molar-refractivity contribution is 0.259. The Morgan fingerprint density at radius 3 is 1.86 bits per heavy atom. The number of ether oxygens (including phenoxy) is 5. The summed E-state index contributed by atoms with van der Waals surface area (Å²) >= 11 is 0. The summed E-state index contributed by atoms with van der Waals surface area (Å²) in [5.74, 6) is 3.93. The minimum absolute atomic E-state index is 0.558. The highest BCUT2D eigenvalue weighted by Gasteiger charge is 2.29. The lowest BCUT2D eigenvalue weighted by Gasteiger charge is -2.21. The van der Waals surface area contributed by atoms with Crippen LogP contribution in [0.4, 0.5) is 0 Å². The zero-order valence-corrected chi connectivity index (χ0v) is 17.1. The quantitative estimate of drug-likeness (QED) is 0.636. The Labute approximate surface area is 166 Å². The fourth-order valence-corrected chi connectivity index (χ4v) is 3.98. The third-order valence-corrected chi connectivity index (χ3v) is 5.37. The summed E-state index contributed by atoms with van der Waals surface area (Å²) in [7, 11) is 6.60. The molecule has 1 heterocycles. The van der Waals surface area contributed by atoms with Gasteiger partial charge in [-0.25, -0.2) is 4.98 Å². The molecule has 0 fully saturated rings. The van der Waals surface area contributed by atoms with Crippen molar-refractivity contribution >= 4 is 0 Å². The number of methoxy groups -OCH3 is 4. The summed E-state index contributed by atoms with van der Waals surface area (Å²) < 4.78 is 28.4. The third-order valence-electron chi connectivity index (χ3n) is 5.37. The first-order valence-corrected chi connectivity index (χ1v) is 9.64. The number of nitrogens with zero attached hydrogens (tertiary/aromatic N) is 1. The predicted octanol–water partition coefficient (Wildman–Crippen LogP) is 4.08. The molecule has 0 spiro atoms. The van der Waals surface area contributed by atoms with Crippen molar-refractivity contribution in [2.24, 2.45) is 5.92 Å². The summed E-state index contributed by atoms with van der Waals surface area (Å²) in [5, 5.41) is 0. The molecule has 0 saturated carbocycles. The van der Waals surface area contributed by atoms with Gasteiger partial charge in [0.1, 0.15) is 0 Å². The highest BCUT2D eigenvalue weighted by atomic mass is 16.5. The van der Waals surface area contributed by atoms with Crippen molar-refractivity contribution in [3.63, 3.8) is 0 Å². The van der Waals surface area contributed by atoms with E-state index >= 15 is 0 Å². The van der Waals surface area contributed by atoms with E-state index in [1.165, 1.54) is 0 Å². The van der Waals surface area contributed by atoms with Gasteiger partial charge >= 0.3 is 0 Å². The van der Waals surface area contributed by atoms with Crippen molar-refractivity contribution in [1.82, 2.24) is 4.98 Å². The van der Waals surface area contributed by atoms with Gasteiger partial charge in [0.05, 0.1) is 35.0 Å². The summed E-state index contributed by atoms with van der Waals surface area (Å²) in [4.78, 5) is 4.21. The third kappa shape index (κ3) is 4.11. The number of hydrogen-bond acceptors (Lipinski definition) is 6. The number of aromatic nitrogens is 1. The molecule has 3 rings (SSSR count). The summed E-state index contributed by atoms with van der Waals surface area (Å²) in [6.45, 7) is 0.666. The van der Waals surface area contributed by atoms with Gasteiger partial charge in [0, 0.05) is 23.4 Å². The van der Waals surface area contributed by atoms with Crippen LogP contribution in [0.2, 0.25) is 0 Å². The van der Waals surface area contributed by atoms with Crippen LogP contribution in [-0.2, 0) is 12.8 Å². The van der Waals surface area contributed by atoms with Gasteiger partial charge in [-0.15, -0.1) is 0 Å². The molecule has 1 aromatic carbocycles. The summed E-state index contributed by atoms with van der Waals surface area (Å²) in [6, 6.07) is 5.71. The van der Waals surface area contributed by atoms with Crippen molar-refractivity contribution in [3.05, 3.63) is 35.5 Å². The highest BCUT2D eigenvalue weighted by molar-refractivity contribution is 5.67. The Hall–Kier alpha value is -2.63. The molecule has 0 N–H and O–H groups in total. The Morgan fingerprint density at radius 1 is 0.821 bits per heavy atom. The van der Waals surface area contributed by atoms with E-state index in [0.29, 0.717) is 29.9 Å². The molecule has 0 saturated heterocycles. The normalized spacial score (nSPS) is 14.0. The molecule has 1 aliphatic carbocycles. The molecule has 1 aromatic heterocycles. The molecule has 0 bridgehead atoms. The second-order valence-electron chi connectivity index (χ2n) is 6.84. The summed E-state index contributed by atoms with van der Waals surface area (Å²) in [6.07, 6.45) is 6.68. The molecule has 6 nitrogen and oxygen atoms in total. The fourth-order valence-electron chi connectivity index (χ4n) is 3.98. The average Bonchev–Trinajstić information content (AvgIpc) is 2.95. The average molecular weight is 387 g/mol. The predicted molar refractivity (Wildman–Crippen MR) is 107 cm³/mol. The van der Waals surface area contributed by atoms with Crippen molar-refractivity contribution in [2.45, 2.75) is 32.1 Å². The number of hydrogen-bond donors (Lipinski definition) is 0. The van der Waals surface area contributed by atoms with Crippen molar-refractivity contribution < 1.29 is 23.7 Å². The molecule has 2 aromatic rings. The molecule has 6 heteroatoms. The SMILES string of the molecule is COc1c2c(c(OC)c(OC)c1OC)CCC(CCOc1ccccn1)CC2. The standard InChI is InChI=1S/C22H29NO5/c1-24-19-16-10-8-15(12-14-28-18-7-5-6-13-23-18)9-11-17(16)20(25-2)22(27-4)21(19)26-3/h5-7,13,15H,8-12,14H2,1-4H3. The Balaban J connectivity index is 1.76. The van der Waals surface area contributed by atoms with Crippen LogP contribution in [0.25, 0.3) is 0 Å². The second kappa shape index (κ2) is 9.53. The van der Waals surface area contributed by atoms with Gasteiger partial charge in [0.25, 0.3) is 0 Å². The van der Waals surface area contributed by atoms with Gasteiger partial charge in [-0.05, 0) is 44.1 Å². The Morgan fingerprint density at radius 2 is 1.39 bits per heavy atom. The molecule has 0 aliphatic heterocycles. The van der Waals surface area contributed by atoms with E-state index in [1.807, 2.05) is 18.2 Å². The van der Waals surface area contributed by atoms with E-state index in [1.54, 1.807) is 34.6 Å². The smallest absolute Gasteiger partial charge is 0.213 e. The van der Waals surface area contributed by atoms with E-state index in [2.05, 4.69) is 4.98 Å². The first-order valence-electron chi connectivity index (χ1n) is 9.64. The molecule has 0 amide bonds. The first-order chi connectivity index (χ1) is 13.7. The van der Waals surface area contributed by atoms with E-state index < -0.39 is 0 Å². The Bertz CT molecular complexity index is 735. The highest BCUT2D eigenvalue weighted by Crippen LogP contribution is 2.51. The zero-order valence-electron chi connectivity index (χ0n) is 17.1. The van der Waals surface area contributed by atoms with Gasteiger partial charge in [-0.1, -0.05) is 6.07 Å². The minimum Gasteiger partial charge on any atom is -0.492 e. The monoisotopic (exact) mass is 387 g/mol. The maximum absolute atomic E-state index is 5.79. The summed E-state index contributed by atoms with van der Waals surface area (Å²) in [5.41, 5.74) is 2.32. The van der Waals surface area contributed by atoms with E-state index in [9.17, 15) is 0 Å². The van der Waals surface area contributed by atoms with Crippen LogP contribution in [0, 0.1) is 5.92 Å². The maximum atomic E-state index is 5.79. The van der Waals surface area contributed by atoms with Gasteiger partial charge < -0.3 is 23.7 Å². The maximum Gasteiger partial charge on any atom is 0.213 e. The molecular formula is C22H29NO5. The van der Waals surface area contributed by atoms with Crippen LogP contribution >= 0.6 is 0 Å². The van der Waals surface area contributed by atoms with Crippen molar-refractivity contribution in [3.8, 4) is 28.9 Å². The zero-order chi connectivity index (χ0) is 19.9. The molecule has 0 radical (unpaired) electrons. The van der Waals surface area contributed by atoms with E-state index in [0.717, 1.165) is 54.7 Å². The molecular weight excluding hydrogens is 358 g/mol. The first kappa shape index (κ1) is 20.1. The molecule has 28 heavy (non-hydrogen) atoms. The number of rotatable bonds is 8. The van der Waals surface area contributed by atoms with Crippen molar-refractivity contribution in [1.29, 1.82) is 0 Å². The van der Waals surface area contributed by atoms with Crippen LogP contribution in [0.15, 0.2) is 24.4 Å². The minimum atomic E-state index is 0.558. The van der Waals surface area contributed by atoms with Crippen LogP contribution < -0.4 is 23.7 Å². The molecule has 152 valence electrons. The van der Waals surface area contributed by atoms with Gasteiger partial charge in [0.2, 0.25) is 17.4 Å². The van der Waals surface area contributed by atoms with Crippen molar-refractivity contribution in [2.75, 3.05) is 35.0 Å². The lowest BCUT2D eigenvalue weighted by atomic mass is 9.96. The van der Waals surface area contributed by atoms with E-state index in [4.69, 9.17) is 23.7 Å². The van der Waals surface area contributed by atoms with Crippen LogP contribution in [-0.4, -0.2) is 40.0 Å². The van der Waals surface area contributed by atoms with Gasteiger partial charge in [-0.2, -0.15) is 0 Å². The Kier molecular flexibility index (Phi) is 6.85.